The normalized spacial score (nSPS) is 12.2. The lowest BCUT2D eigenvalue weighted by Crippen LogP contribution is -2.29. The minimum absolute atomic E-state index is 0.481. The highest BCUT2D eigenvalue weighted by Gasteiger charge is 2.11. The number of aliphatic carboxylic acids is 1. The van der Waals surface area contributed by atoms with Gasteiger partial charge in [-0.25, -0.2) is 0 Å². The number of ether oxygens (including phenoxy) is 1. The van der Waals surface area contributed by atoms with Crippen molar-refractivity contribution in [1.29, 1.82) is 0 Å². The molecule has 0 saturated carbocycles. The molecule has 0 aliphatic rings. The summed E-state index contributed by atoms with van der Waals surface area (Å²) in [5, 5.41) is 8.71. The van der Waals surface area contributed by atoms with E-state index in [-0.39, 0.29) is 0 Å². The number of benzene rings is 1. The molecule has 1 atom stereocenters. The fourth-order valence-electron chi connectivity index (χ4n) is 1.88. The van der Waals surface area contributed by atoms with E-state index in [4.69, 9.17) is 15.6 Å². The molecule has 0 fully saturated rings. The summed E-state index contributed by atoms with van der Waals surface area (Å²) in [6.07, 6.45) is 3.00. The topological polar surface area (TPSA) is 72.5 Å². The van der Waals surface area contributed by atoms with Gasteiger partial charge in [-0.05, 0) is 42.9 Å². The molecule has 3 N–H and O–H groups in total. The van der Waals surface area contributed by atoms with Crippen LogP contribution >= 0.6 is 0 Å². The third-order valence-corrected chi connectivity index (χ3v) is 3.03. The van der Waals surface area contributed by atoms with E-state index in [2.05, 4.69) is 13.0 Å². The number of carboxylic acids is 1. The predicted octanol–water partition coefficient (Wildman–Crippen LogP) is 1.99. The average molecular weight is 251 g/mol. The molecule has 100 valence electrons. The molecular formula is C14H21NO3. The molecule has 0 radical (unpaired) electrons. The molecule has 4 nitrogen and oxygen atoms in total. The molecule has 0 spiro atoms. The Bertz CT molecular complexity index is 404. The van der Waals surface area contributed by atoms with Gasteiger partial charge in [-0.2, -0.15) is 0 Å². The fraction of sp³-hybridized carbons (Fsp3) is 0.500. The largest absolute Gasteiger partial charge is 0.496 e. The SMILES string of the molecule is CCc1ccc(OC)c(CCCC(N)C(=O)O)c1. The zero-order chi connectivity index (χ0) is 13.5. The van der Waals surface area contributed by atoms with E-state index in [1.54, 1.807) is 7.11 Å². The molecule has 0 amide bonds. The number of hydrogen-bond donors (Lipinski definition) is 2. The second-order valence-corrected chi connectivity index (χ2v) is 4.34. The summed E-state index contributed by atoms with van der Waals surface area (Å²) in [7, 11) is 1.65. The summed E-state index contributed by atoms with van der Waals surface area (Å²) in [5.41, 5.74) is 7.85. The van der Waals surface area contributed by atoms with Gasteiger partial charge in [0.25, 0.3) is 0 Å². The lowest BCUT2D eigenvalue weighted by Gasteiger charge is -2.11. The zero-order valence-electron chi connectivity index (χ0n) is 11.0. The van der Waals surface area contributed by atoms with Gasteiger partial charge in [0.2, 0.25) is 0 Å². The van der Waals surface area contributed by atoms with Crippen LogP contribution in [0.3, 0.4) is 0 Å². The van der Waals surface area contributed by atoms with E-state index in [9.17, 15) is 4.79 Å². The minimum Gasteiger partial charge on any atom is -0.496 e. The Labute approximate surface area is 108 Å². The van der Waals surface area contributed by atoms with Gasteiger partial charge in [0, 0.05) is 0 Å². The van der Waals surface area contributed by atoms with Crippen molar-refractivity contribution < 1.29 is 14.6 Å². The van der Waals surface area contributed by atoms with E-state index < -0.39 is 12.0 Å². The summed E-state index contributed by atoms with van der Waals surface area (Å²) in [5.74, 6) is -0.0830. The summed E-state index contributed by atoms with van der Waals surface area (Å²) in [4.78, 5) is 10.6. The molecule has 1 aromatic carbocycles. The maximum Gasteiger partial charge on any atom is 0.320 e. The van der Waals surface area contributed by atoms with Gasteiger partial charge < -0.3 is 15.6 Å². The molecule has 0 aliphatic carbocycles. The number of aryl methyl sites for hydroxylation is 2. The molecule has 4 heteroatoms. The molecule has 0 saturated heterocycles. The lowest BCUT2D eigenvalue weighted by atomic mass is 10.0. The highest BCUT2D eigenvalue weighted by Crippen LogP contribution is 2.22. The van der Waals surface area contributed by atoms with E-state index in [0.29, 0.717) is 6.42 Å². The number of carboxylic acid groups (broad SMARTS) is 1. The van der Waals surface area contributed by atoms with Crippen molar-refractivity contribution in [2.45, 2.75) is 38.6 Å². The van der Waals surface area contributed by atoms with Crippen LogP contribution in [-0.2, 0) is 17.6 Å². The number of nitrogens with two attached hydrogens (primary N) is 1. The first-order valence-electron chi connectivity index (χ1n) is 6.22. The molecule has 0 bridgehead atoms. The second-order valence-electron chi connectivity index (χ2n) is 4.34. The van der Waals surface area contributed by atoms with Crippen LogP contribution in [0.2, 0.25) is 0 Å². The van der Waals surface area contributed by atoms with Crippen LogP contribution in [0.1, 0.15) is 30.9 Å². The Hall–Kier alpha value is -1.55. The van der Waals surface area contributed by atoms with Crippen LogP contribution in [0.25, 0.3) is 0 Å². The first-order valence-corrected chi connectivity index (χ1v) is 6.22. The van der Waals surface area contributed by atoms with Gasteiger partial charge in [0.05, 0.1) is 7.11 Å². The monoisotopic (exact) mass is 251 g/mol. The van der Waals surface area contributed by atoms with Crippen molar-refractivity contribution in [3.8, 4) is 5.75 Å². The number of rotatable bonds is 7. The van der Waals surface area contributed by atoms with Gasteiger partial charge in [-0.15, -0.1) is 0 Å². The first-order chi connectivity index (χ1) is 8.58. The smallest absolute Gasteiger partial charge is 0.320 e. The van der Waals surface area contributed by atoms with E-state index in [1.165, 1.54) is 5.56 Å². The van der Waals surface area contributed by atoms with Crippen molar-refractivity contribution in [3.63, 3.8) is 0 Å². The Balaban J connectivity index is 2.62. The summed E-state index contributed by atoms with van der Waals surface area (Å²) >= 11 is 0. The second kappa shape index (κ2) is 7.01. The molecular weight excluding hydrogens is 230 g/mol. The summed E-state index contributed by atoms with van der Waals surface area (Å²) < 4.78 is 5.30. The van der Waals surface area contributed by atoms with Crippen LogP contribution in [0, 0.1) is 0 Å². The van der Waals surface area contributed by atoms with Crippen LogP contribution in [0.5, 0.6) is 5.75 Å². The van der Waals surface area contributed by atoms with Crippen LogP contribution in [0.4, 0.5) is 0 Å². The maximum absolute atomic E-state index is 10.6. The average Bonchev–Trinajstić information content (AvgIpc) is 2.38. The Morgan fingerprint density at radius 1 is 1.50 bits per heavy atom. The maximum atomic E-state index is 10.6. The predicted molar refractivity (Wildman–Crippen MR) is 70.9 cm³/mol. The first kappa shape index (κ1) is 14.5. The summed E-state index contributed by atoms with van der Waals surface area (Å²) in [6, 6.07) is 5.35. The third kappa shape index (κ3) is 4.04. The van der Waals surface area contributed by atoms with Crippen molar-refractivity contribution in [3.05, 3.63) is 29.3 Å². The van der Waals surface area contributed by atoms with Gasteiger partial charge in [-0.1, -0.05) is 19.1 Å². The van der Waals surface area contributed by atoms with Gasteiger partial charge in [0.1, 0.15) is 11.8 Å². The molecule has 1 aromatic rings. The number of hydrogen-bond acceptors (Lipinski definition) is 3. The standard InChI is InChI=1S/C14H21NO3/c1-3-10-7-8-13(18-2)11(9-10)5-4-6-12(15)14(16)17/h7-9,12H,3-6,15H2,1-2H3,(H,16,17). The van der Waals surface area contributed by atoms with Crippen LogP contribution in [0.15, 0.2) is 18.2 Å². The zero-order valence-corrected chi connectivity index (χ0v) is 11.0. The van der Waals surface area contributed by atoms with E-state index in [0.717, 1.165) is 30.6 Å². The van der Waals surface area contributed by atoms with Gasteiger partial charge in [-0.3, -0.25) is 4.79 Å². The van der Waals surface area contributed by atoms with Crippen molar-refractivity contribution in [1.82, 2.24) is 0 Å². The molecule has 1 rings (SSSR count). The van der Waals surface area contributed by atoms with Crippen LogP contribution in [-0.4, -0.2) is 24.2 Å². The fourth-order valence-corrected chi connectivity index (χ4v) is 1.88. The van der Waals surface area contributed by atoms with Crippen molar-refractivity contribution >= 4 is 5.97 Å². The highest BCUT2D eigenvalue weighted by molar-refractivity contribution is 5.72. The Morgan fingerprint density at radius 3 is 2.78 bits per heavy atom. The van der Waals surface area contributed by atoms with E-state index >= 15 is 0 Å². The quantitative estimate of drug-likeness (QED) is 0.777. The molecule has 0 aromatic heterocycles. The Morgan fingerprint density at radius 2 is 2.22 bits per heavy atom. The molecule has 0 heterocycles. The van der Waals surface area contributed by atoms with Crippen molar-refractivity contribution in [2.24, 2.45) is 5.73 Å². The molecule has 18 heavy (non-hydrogen) atoms. The molecule has 0 aliphatic heterocycles. The van der Waals surface area contributed by atoms with Crippen molar-refractivity contribution in [2.75, 3.05) is 7.11 Å². The van der Waals surface area contributed by atoms with Crippen LogP contribution < -0.4 is 10.5 Å². The minimum atomic E-state index is -0.940. The van der Waals surface area contributed by atoms with Gasteiger partial charge >= 0.3 is 5.97 Å². The van der Waals surface area contributed by atoms with E-state index in [1.807, 2.05) is 12.1 Å². The third-order valence-electron chi connectivity index (χ3n) is 3.03. The Kier molecular flexibility index (Phi) is 5.65. The number of carbonyl (C=O) groups is 1. The molecule has 1 unspecified atom stereocenters. The van der Waals surface area contributed by atoms with Gasteiger partial charge in [0.15, 0.2) is 0 Å². The summed E-state index contributed by atoms with van der Waals surface area (Å²) in [6.45, 7) is 2.10. The number of methoxy groups -OCH3 is 1. The lowest BCUT2D eigenvalue weighted by molar-refractivity contribution is -0.138. The highest BCUT2D eigenvalue weighted by atomic mass is 16.5.